The Bertz CT molecular complexity index is 1250. The van der Waals surface area contributed by atoms with E-state index in [1.165, 1.54) is 0 Å². The molecule has 31 heavy (non-hydrogen) atoms. The maximum atomic E-state index is 12.5. The summed E-state index contributed by atoms with van der Waals surface area (Å²) in [5.41, 5.74) is 4.16. The molecule has 0 saturated carbocycles. The molecular formula is C27H23NO3. The van der Waals surface area contributed by atoms with E-state index < -0.39 is 0 Å². The second-order valence-electron chi connectivity index (χ2n) is 7.74. The molecule has 154 valence electrons. The smallest absolute Gasteiger partial charge is 0.225 e. The van der Waals surface area contributed by atoms with Crippen molar-refractivity contribution in [3.63, 3.8) is 0 Å². The van der Waals surface area contributed by atoms with Crippen LogP contribution in [0.3, 0.4) is 0 Å². The number of benzene rings is 4. The fraction of sp³-hybridized carbons (Fsp3) is 0.148. The molecule has 0 radical (unpaired) electrons. The molecule has 1 heterocycles. The average molecular weight is 409 g/mol. The van der Waals surface area contributed by atoms with Crippen molar-refractivity contribution in [1.29, 1.82) is 0 Å². The standard InChI is InChI=1S/C27H23NO3/c1-30-25-15-20(12-14-24(25)31-17-18-7-3-2-4-8-18)22-16-26(29)28-23-13-11-19-9-5-6-10-21(19)27(22)23/h2-15,22H,16-17H2,1H3,(H,28,29)/t22-/m1/s1. The molecule has 1 aliphatic heterocycles. The van der Waals surface area contributed by atoms with E-state index in [4.69, 9.17) is 9.47 Å². The van der Waals surface area contributed by atoms with Crippen molar-refractivity contribution < 1.29 is 14.3 Å². The molecule has 4 heteroatoms. The Balaban J connectivity index is 1.52. The summed E-state index contributed by atoms with van der Waals surface area (Å²) < 4.78 is 11.7. The monoisotopic (exact) mass is 409 g/mol. The third-order valence-corrected chi connectivity index (χ3v) is 5.81. The van der Waals surface area contributed by atoms with Crippen LogP contribution >= 0.6 is 0 Å². The molecule has 0 spiro atoms. The van der Waals surface area contributed by atoms with E-state index in [1.54, 1.807) is 7.11 Å². The Morgan fingerprint density at radius 3 is 2.55 bits per heavy atom. The average Bonchev–Trinajstić information content (AvgIpc) is 2.82. The van der Waals surface area contributed by atoms with Crippen LogP contribution in [-0.4, -0.2) is 13.0 Å². The molecule has 0 saturated heterocycles. The van der Waals surface area contributed by atoms with Crippen molar-refractivity contribution in [1.82, 2.24) is 0 Å². The maximum absolute atomic E-state index is 12.5. The predicted octanol–water partition coefficient (Wildman–Crippen LogP) is 5.90. The highest BCUT2D eigenvalue weighted by molar-refractivity contribution is 6.01. The van der Waals surface area contributed by atoms with Crippen LogP contribution in [0.25, 0.3) is 10.8 Å². The van der Waals surface area contributed by atoms with Gasteiger partial charge < -0.3 is 14.8 Å². The number of ether oxygens (including phenoxy) is 2. The topological polar surface area (TPSA) is 47.6 Å². The number of hydrogen-bond donors (Lipinski definition) is 1. The number of rotatable bonds is 5. The molecule has 5 rings (SSSR count). The summed E-state index contributed by atoms with van der Waals surface area (Å²) in [5, 5.41) is 5.36. The van der Waals surface area contributed by atoms with Gasteiger partial charge in [0.15, 0.2) is 11.5 Å². The first kappa shape index (κ1) is 19.2. The van der Waals surface area contributed by atoms with Crippen LogP contribution in [0.2, 0.25) is 0 Å². The van der Waals surface area contributed by atoms with Crippen LogP contribution in [-0.2, 0) is 11.4 Å². The number of hydrogen-bond acceptors (Lipinski definition) is 3. The van der Waals surface area contributed by atoms with Gasteiger partial charge in [-0.05, 0) is 45.7 Å². The summed E-state index contributed by atoms with van der Waals surface area (Å²) in [6.45, 7) is 0.468. The molecule has 4 aromatic rings. The summed E-state index contributed by atoms with van der Waals surface area (Å²) in [7, 11) is 1.64. The van der Waals surface area contributed by atoms with Crippen LogP contribution in [0.15, 0.2) is 84.9 Å². The lowest BCUT2D eigenvalue weighted by Gasteiger charge is -2.28. The van der Waals surface area contributed by atoms with Gasteiger partial charge >= 0.3 is 0 Å². The van der Waals surface area contributed by atoms with Gasteiger partial charge in [0.1, 0.15) is 6.61 Å². The minimum atomic E-state index is -0.0491. The van der Waals surface area contributed by atoms with Gasteiger partial charge in [-0.3, -0.25) is 4.79 Å². The Morgan fingerprint density at radius 1 is 0.903 bits per heavy atom. The normalized spacial score (nSPS) is 15.3. The molecule has 0 aromatic heterocycles. The molecule has 0 bridgehead atoms. The van der Waals surface area contributed by atoms with E-state index in [1.807, 2.05) is 66.7 Å². The Labute approximate surface area is 181 Å². The maximum Gasteiger partial charge on any atom is 0.225 e. The SMILES string of the molecule is COc1cc([C@H]2CC(=O)Nc3ccc4ccccc4c32)ccc1OCc1ccccc1. The van der Waals surface area contributed by atoms with Gasteiger partial charge in [-0.1, -0.05) is 66.7 Å². The van der Waals surface area contributed by atoms with Crippen molar-refractivity contribution >= 4 is 22.4 Å². The number of methoxy groups -OCH3 is 1. The first-order valence-electron chi connectivity index (χ1n) is 10.4. The van der Waals surface area contributed by atoms with E-state index in [2.05, 4.69) is 23.5 Å². The quantitative estimate of drug-likeness (QED) is 0.446. The zero-order valence-electron chi connectivity index (χ0n) is 17.3. The Kier molecular flexibility index (Phi) is 5.04. The molecule has 1 amide bonds. The van der Waals surface area contributed by atoms with E-state index >= 15 is 0 Å². The highest BCUT2D eigenvalue weighted by Gasteiger charge is 2.29. The predicted molar refractivity (Wildman–Crippen MR) is 123 cm³/mol. The van der Waals surface area contributed by atoms with Crippen molar-refractivity contribution in [2.24, 2.45) is 0 Å². The summed E-state index contributed by atoms with van der Waals surface area (Å²) >= 11 is 0. The van der Waals surface area contributed by atoms with Crippen LogP contribution in [0.1, 0.15) is 29.0 Å². The van der Waals surface area contributed by atoms with Gasteiger partial charge in [-0.15, -0.1) is 0 Å². The molecule has 4 nitrogen and oxygen atoms in total. The van der Waals surface area contributed by atoms with Crippen molar-refractivity contribution in [3.8, 4) is 11.5 Å². The summed E-state index contributed by atoms with van der Waals surface area (Å²) in [6.07, 6.45) is 0.397. The fourth-order valence-corrected chi connectivity index (χ4v) is 4.31. The van der Waals surface area contributed by atoms with Crippen LogP contribution < -0.4 is 14.8 Å². The fourth-order valence-electron chi connectivity index (χ4n) is 4.31. The molecule has 1 N–H and O–H groups in total. The molecule has 0 aliphatic carbocycles. The van der Waals surface area contributed by atoms with E-state index in [9.17, 15) is 4.79 Å². The Morgan fingerprint density at radius 2 is 1.71 bits per heavy atom. The van der Waals surface area contributed by atoms with Crippen LogP contribution in [0.4, 0.5) is 5.69 Å². The summed E-state index contributed by atoms with van der Waals surface area (Å²) in [6, 6.07) is 28.4. The summed E-state index contributed by atoms with van der Waals surface area (Å²) in [4.78, 5) is 12.5. The highest BCUT2D eigenvalue weighted by Crippen LogP contribution is 2.43. The van der Waals surface area contributed by atoms with Gasteiger partial charge in [-0.2, -0.15) is 0 Å². The van der Waals surface area contributed by atoms with Crippen LogP contribution in [0.5, 0.6) is 11.5 Å². The molecule has 1 atom stereocenters. The molecule has 4 aromatic carbocycles. The van der Waals surface area contributed by atoms with E-state index in [-0.39, 0.29) is 11.8 Å². The van der Waals surface area contributed by atoms with Crippen molar-refractivity contribution in [3.05, 3.63) is 102 Å². The number of fused-ring (bicyclic) bond motifs is 3. The number of anilines is 1. The molecule has 0 fully saturated rings. The second-order valence-corrected chi connectivity index (χ2v) is 7.74. The van der Waals surface area contributed by atoms with Gasteiger partial charge in [0.05, 0.1) is 7.11 Å². The van der Waals surface area contributed by atoms with E-state index in [0.717, 1.165) is 33.2 Å². The lowest BCUT2D eigenvalue weighted by molar-refractivity contribution is -0.116. The lowest BCUT2D eigenvalue weighted by atomic mass is 9.82. The number of carbonyl (C=O) groups excluding carboxylic acids is 1. The number of carbonyl (C=O) groups is 1. The van der Waals surface area contributed by atoms with Crippen LogP contribution in [0, 0.1) is 0 Å². The molecular weight excluding hydrogens is 386 g/mol. The van der Waals surface area contributed by atoms with Gasteiger partial charge in [0.2, 0.25) is 5.91 Å². The minimum Gasteiger partial charge on any atom is -0.493 e. The number of nitrogens with one attached hydrogen (secondary N) is 1. The Hall–Kier alpha value is -3.79. The molecule has 1 aliphatic rings. The zero-order chi connectivity index (χ0) is 21.2. The molecule has 0 unspecified atom stereocenters. The largest absolute Gasteiger partial charge is 0.493 e. The third-order valence-electron chi connectivity index (χ3n) is 5.81. The van der Waals surface area contributed by atoms with Crippen molar-refractivity contribution in [2.75, 3.05) is 12.4 Å². The van der Waals surface area contributed by atoms with Crippen molar-refractivity contribution in [2.45, 2.75) is 18.9 Å². The minimum absolute atomic E-state index is 0.0242. The third kappa shape index (κ3) is 3.73. The first-order chi connectivity index (χ1) is 15.2. The van der Waals surface area contributed by atoms with Gasteiger partial charge in [-0.25, -0.2) is 0 Å². The lowest BCUT2D eigenvalue weighted by Crippen LogP contribution is -2.23. The zero-order valence-corrected chi connectivity index (χ0v) is 17.3. The second kappa shape index (κ2) is 8.15. The van der Waals surface area contributed by atoms with E-state index in [0.29, 0.717) is 24.5 Å². The van der Waals surface area contributed by atoms with Gasteiger partial charge in [0, 0.05) is 18.0 Å². The number of amides is 1. The first-order valence-corrected chi connectivity index (χ1v) is 10.4. The summed E-state index contributed by atoms with van der Waals surface area (Å²) in [5.74, 6) is 1.33. The van der Waals surface area contributed by atoms with Gasteiger partial charge in [0.25, 0.3) is 0 Å². The highest BCUT2D eigenvalue weighted by atomic mass is 16.5.